The van der Waals surface area contributed by atoms with Gasteiger partial charge in [-0.1, -0.05) is 6.07 Å². The van der Waals surface area contributed by atoms with E-state index in [2.05, 4.69) is 0 Å². The molecule has 1 aromatic carbocycles. The van der Waals surface area contributed by atoms with Gasteiger partial charge in [0.25, 0.3) is 0 Å². The normalized spacial score (nSPS) is 22.1. The minimum absolute atomic E-state index is 0.00938. The molecular formula is C14H19FN2O3. The molecule has 0 unspecified atom stereocenters. The monoisotopic (exact) mass is 282 g/mol. The Hall–Kier alpha value is -1.66. The lowest BCUT2D eigenvalue weighted by Gasteiger charge is -2.27. The molecule has 110 valence electrons. The van der Waals surface area contributed by atoms with Gasteiger partial charge in [-0.2, -0.15) is 0 Å². The van der Waals surface area contributed by atoms with E-state index in [1.165, 1.54) is 12.1 Å². The first-order chi connectivity index (χ1) is 9.58. The van der Waals surface area contributed by atoms with Gasteiger partial charge in [0, 0.05) is 19.7 Å². The molecule has 1 fully saturated rings. The van der Waals surface area contributed by atoms with E-state index in [1.807, 2.05) is 0 Å². The van der Waals surface area contributed by atoms with Crippen LogP contribution in [0.1, 0.15) is 6.42 Å². The van der Waals surface area contributed by atoms with Crippen molar-refractivity contribution in [3.63, 3.8) is 0 Å². The molecule has 6 heteroatoms. The van der Waals surface area contributed by atoms with Crippen LogP contribution in [-0.2, 0) is 9.53 Å². The van der Waals surface area contributed by atoms with Gasteiger partial charge in [-0.15, -0.1) is 0 Å². The van der Waals surface area contributed by atoms with Crippen LogP contribution in [0.4, 0.5) is 4.39 Å². The molecular weight excluding hydrogens is 263 g/mol. The summed E-state index contributed by atoms with van der Waals surface area (Å²) in [6.45, 7) is 1.29. The molecule has 0 radical (unpaired) electrons. The van der Waals surface area contributed by atoms with Crippen molar-refractivity contribution in [2.24, 2.45) is 5.73 Å². The second-order valence-corrected chi connectivity index (χ2v) is 4.90. The highest BCUT2D eigenvalue weighted by Crippen LogP contribution is 2.26. The van der Waals surface area contributed by atoms with E-state index in [4.69, 9.17) is 15.2 Å². The number of hydrogen-bond donors (Lipinski definition) is 1. The zero-order valence-corrected chi connectivity index (χ0v) is 11.5. The Balaban J connectivity index is 1.97. The van der Waals surface area contributed by atoms with Crippen LogP contribution in [0.5, 0.6) is 5.75 Å². The molecule has 1 aromatic rings. The first-order valence-electron chi connectivity index (χ1n) is 6.50. The molecule has 1 saturated heterocycles. The summed E-state index contributed by atoms with van der Waals surface area (Å²) in [7, 11) is 1.59. The zero-order chi connectivity index (χ0) is 14.6. The highest BCUT2D eigenvalue weighted by Gasteiger charge is 2.40. The van der Waals surface area contributed by atoms with Gasteiger partial charge in [0.2, 0.25) is 5.91 Å². The van der Waals surface area contributed by atoms with Gasteiger partial charge in [-0.05, 0) is 18.6 Å². The number of halogens is 1. The Labute approximate surface area is 117 Å². The molecule has 1 heterocycles. The number of benzene rings is 1. The van der Waals surface area contributed by atoms with Gasteiger partial charge in [0.05, 0.1) is 13.1 Å². The van der Waals surface area contributed by atoms with E-state index >= 15 is 0 Å². The van der Waals surface area contributed by atoms with Crippen LogP contribution in [0, 0.1) is 5.82 Å². The Morgan fingerprint density at radius 3 is 3.00 bits per heavy atom. The lowest BCUT2D eigenvalue weighted by Crippen LogP contribution is -2.43. The lowest BCUT2D eigenvalue weighted by molar-refractivity contribution is -0.130. The summed E-state index contributed by atoms with van der Waals surface area (Å²) in [6.07, 6.45) is 0.671. The van der Waals surface area contributed by atoms with Gasteiger partial charge < -0.3 is 20.1 Å². The largest absolute Gasteiger partial charge is 0.490 e. The number of ether oxygens (including phenoxy) is 2. The van der Waals surface area contributed by atoms with Gasteiger partial charge in [-0.25, -0.2) is 4.39 Å². The maximum Gasteiger partial charge on any atom is 0.236 e. The summed E-state index contributed by atoms with van der Waals surface area (Å²) >= 11 is 0. The van der Waals surface area contributed by atoms with Crippen molar-refractivity contribution in [2.75, 3.05) is 33.4 Å². The summed E-state index contributed by atoms with van der Waals surface area (Å²) in [6, 6.07) is 5.95. The Bertz CT molecular complexity index is 483. The average Bonchev–Trinajstić information content (AvgIpc) is 2.90. The van der Waals surface area contributed by atoms with Crippen LogP contribution in [0.25, 0.3) is 0 Å². The number of rotatable bonds is 5. The van der Waals surface area contributed by atoms with E-state index in [0.29, 0.717) is 25.3 Å². The van der Waals surface area contributed by atoms with E-state index in [9.17, 15) is 9.18 Å². The molecule has 20 heavy (non-hydrogen) atoms. The highest BCUT2D eigenvalue weighted by atomic mass is 19.1. The number of carbonyl (C=O) groups excluding carboxylic acids is 1. The Kier molecular flexibility index (Phi) is 4.57. The van der Waals surface area contributed by atoms with Crippen LogP contribution in [-0.4, -0.2) is 49.8 Å². The number of likely N-dealkylation sites (tertiary alicyclic amines) is 1. The third-order valence-corrected chi connectivity index (χ3v) is 3.57. The molecule has 5 nitrogen and oxygen atoms in total. The average molecular weight is 282 g/mol. The van der Waals surface area contributed by atoms with Crippen LogP contribution in [0.3, 0.4) is 0 Å². The summed E-state index contributed by atoms with van der Waals surface area (Å²) in [5.41, 5.74) is 4.80. The van der Waals surface area contributed by atoms with E-state index in [0.717, 1.165) is 0 Å². The van der Waals surface area contributed by atoms with Crippen molar-refractivity contribution in [3.8, 4) is 5.75 Å². The van der Waals surface area contributed by atoms with Crippen molar-refractivity contribution >= 4 is 5.91 Å². The number of nitrogens with zero attached hydrogens (tertiary/aromatic N) is 1. The molecule has 0 aliphatic carbocycles. The molecule has 0 saturated carbocycles. The minimum Gasteiger partial charge on any atom is -0.490 e. The van der Waals surface area contributed by atoms with Crippen LogP contribution in [0.2, 0.25) is 0 Å². The van der Waals surface area contributed by atoms with Crippen molar-refractivity contribution in [3.05, 3.63) is 30.1 Å². The third-order valence-electron chi connectivity index (χ3n) is 3.57. The van der Waals surface area contributed by atoms with Crippen LogP contribution in [0.15, 0.2) is 24.3 Å². The maximum absolute atomic E-state index is 13.1. The summed E-state index contributed by atoms with van der Waals surface area (Å²) in [5.74, 6) is 0.0000294. The molecule has 0 aromatic heterocycles. The first-order valence-corrected chi connectivity index (χ1v) is 6.50. The van der Waals surface area contributed by atoms with Crippen LogP contribution >= 0.6 is 0 Å². The number of amides is 1. The fourth-order valence-corrected chi connectivity index (χ4v) is 2.30. The molecule has 1 atom stereocenters. The number of hydrogen-bond acceptors (Lipinski definition) is 4. The molecule has 1 aliphatic heterocycles. The molecule has 1 amide bonds. The number of methoxy groups -OCH3 is 1. The SMILES string of the molecule is CO[C@@]1(COc2cccc(F)c2)CCN(C(=O)CN)C1. The molecule has 2 N–H and O–H groups in total. The standard InChI is InChI=1S/C14H19FN2O3/c1-19-14(5-6-17(9-14)13(18)8-16)10-20-12-4-2-3-11(15)7-12/h2-4,7H,5-6,8-10,16H2,1H3/t14-/m0/s1. The van der Waals surface area contributed by atoms with E-state index < -0.39 is 5.60 Å². The smallest absolute Gasteiger partial charge is 0.236 e. The molecule has 0 spiro atoms. The maximum atomic E-state index is 13.1. The summed E-state index contributed by atoms with van der Waals surface area (Å²) in [5, 5.41) is 0. The first kappa shape index (κ1) is 14.7. The predicted molar refractivity (Wildman–Crippen MR) is 71.9 cm³/mol. The van der Waals surface area contributed by atoms with Crippen molar-refractivity contribution in [2.45, 2.75) is 12.0 Å². The lowest BCUT2D eigenvalue weighted by atomic mass is 10.0. The zero-order valence-electron chi connectivity index (χ0n) is 11.5. The number of nitrogens with two attached hydrogens (primary N) is 1. The van der Waals surface area contributed by atoms with Gasteiger partial charge in [0.15, 0.2) is 0 Å². The van der Waals surface area contributed by atoms with Crippen molar-refractivity contribution in [1.82, 2.24) is 4.90 Å². The van der Waals surface area contributed by atoms with E-state index in [-0.39, 0.29) is 24.9 Å². The van der Waals surface area contributed by atoms with Gasteiger partial charge in [0.1, 0.15) is 23.8 Å². The summed E-state index contributed by atoms with van der Waals surface area (Å²) in [4.78, 5) is 13.3. The topological polar surface area (TPSA) is 64.8 Å². The van der Waals surface area contributed by atoms with Crippen molar-refractivity contribution < 1.29 is 18.7 Å². The Morgan fingerprint density at radius 2 is 2.35 bits per heavy atom. The minimum atomic E-state index is -0.558. The Morgan fingerprint density at radius 1 is 1.55 bits per heavy atom. The van der Waals surface area contributed by atoms with E-state index in [1.54, 1.807) is 24.1 Å². The molecule has 2 rings (SSSR count). The second-order valence-electron chi connectivity index (χ2n) is 4.90. The highest BCUT2D eigenvalue weighted by molar-refractivity contribution is 5.78. The quantitative estimate of drug-likeness (QED) is 0.867. The van der Waals surface area contributed by atoms with Crippen molar-refractivity contribution in [1.29, 1.82) is 0 Å². The fourth-order valence-electron chi connectivity index (χ4n) is 2.30. The fraction of sp³-hybridized carbons (Fsp3) is 0.500. The number of carbonyl (C=O) groups is 1. The molecule has 1 aliphatic rings. The second kappa shape index (κ2) is 6.19. The van der Waals surface area contributed by atoms with Gasteiger partial charge in [-0.3, -0.25) is 4.79 Å². The summed E-state index contributed by atoms with van der Waals surface area (Å²) < 4.78 is 24.2. The van der Waals surface area contributed by atoms with Gasteiger partial charge >= 0.3 is 0 Å². The third kappa shape index (κ3) is 3.26. The predicted octanol–water partition coefficient (Wildman–Crippen LogP) is 0.781. The molecule has 0 bridgehead atoms. The van der Waals surface area contributed by atoms with Crippen LogP contribution < -0.4 is 10.5 Å².